The van der Waals surface area contributed by atoms with Crippen molar-refractivity contribution in [3.63, 3.8) is 0 Å². The van der Waals surface area contributed by atoms with E-state index in [9.17, 15) is 23.1 Å². The van der Waals surface area contributed by atoms with Gasteiger partial charge in [-0.1, -0.05) is 35.3 Å². The molecule has 0 fully saturated rings. The van der Waals surface area contributed by atoms with Gasteiger partial charge >= 0.3 is 5.97 Å². The predicted molar refractivity (Wildman–Crippen MR) is 98.1 cm³/mol. The highest BCUT2D eigenvalue weighted by Gasteiger charge is 2.22. The summed E-state index contributed by atoms with van der Waals surface area (Å²) in [7, 11) is -4.31. The van der Waals surface area contributed by atoms with E-state index in [4.69, 9.17) is 33.4 Å². The second kappa shape index (κ2) is 7.87. The molecule has 2 aromatic rings. The molecule has 0 amide bonds. The van der Waals surface area contributed by atoms with Gasteiger partial charge in [0.2, 0.25) is 5.76 Å². The number of anilines is 1. The Morgan fingerprint density at radius 1 is 1.07 bits per heavy atom. The number of hydrogen-bond acceptors (Lipinski definition) is 6. The highest BCUT2D eigenvalue weighted by Crippen LogP contribution is 2.35. The van der Waals surface area contributed by atoms with Crippen LogP contribution < -0.4 is 4.72 Å². The topological polar surface area (TPSA) is 141 Å². The number of aliphatic carboxylic acids is 1. The number of halogens is 2. The van der Waals surface area contributed by atoms with Crippen molar-refractivity contribution in [1.82, 2.24) is 0 Å². The number of phenolic OH excluding ortho intramolecular Hbond substituents is 1. The number of aliphatic hydroxyl groups is 1. The molecule has 142 valence electrons. The summed E-state index contributed by atoms with van der Waals surface area (Å²) in [5.41, 5.74) is -0.143. The molecule has 0 saturated heterocycles. The number of aliphatic hydroxyl groups excluding tert-OH is 1. The van der Waals surface area contributed by atoms with E-state index < -0.39 is 38.2 Å². The van der Waals surface area contributed by atoms with Gasteiger partial charge in [0, 0.05) is 22.3 Å². The lowest BCUT2D eigenvalue weighted by molar-refractivity contribution is -0.135. The largest absolute Gasteiger partial charge is 0.505 e. The van der Waals surface area contributed by atoms with Crippen LogP contribution in [0, 0.1) is 0 Å². The zero-order valence-corrected chi connectivity index (χ0v) is 15.5. The fourth-order valence-electron chi connectivity index (χ4n) is 1.96. The Hall–Kier alpha value is -2.75. The molecule has 0 bridgehead atoms. The minimum absolute atomic E-state index is 0.0172. The molecule has 0 unspecified atom stereocenters. The Morgan fingerprint density at radius 2 is 1.74 bits per heavy atom. The van der Waals surface area contributed by atoms with Crippen LogP contribution in [-0.2, 0) is 14.8 Å². The van der Waals surface area contributed by atoms with E-state index in [1.54, 1.807) is 0 Å². The number of phenols is 1. The number of allylic oxidation sites excluding steroid dienone is 1. The second-order valence-corrected chi connectivity index (χ2v) is 7.61. The first kappa shape index (κ1) is 20.6. The van der Waals surface area contributed by atoms with E-state index in [1.807, 2.05) is 0 Å². The van der Waals surface area contributed by atoms with Crippen molar-refractivity contribution in [3.05, 3.63) is 63.8 Å². The maximum Gasteiger partial charge on any atom is 0.371 e. The van der Waals surface area contributed by atoms with Crippen molar-refractivity contribution < 1.29 is 33.3 Å². The lowest BCUT2D eigenvalue weighted by Gasteiger charge is -2.11. The number of carbonyl (C=O) groups excluding carboxylic acids is 1. The summed E-state index contributed by atoms with van der Waals surface area (Å²) in [5, 5.41) is 27.3. The molecule has 0 aliphatic heterocycles. The number of hydrogen-bond donors (Lipinski definition) is 4. The van der Waals surface area contributed by atoms with Crippen molar-refractivity contribution in [2.24, 2.45) is 0 Å². The molecule has 2 rings (SSSR count). The smallest absolute Gasteiger partial charge is 0.371 e. The molecule has 0 spiro atoms. The number of aromatic hydroxyl groups is 1. The standard InChI is InChI=1S/C16H11Cl2NO7S/c17-9-5-11(18)15(22)14(6-9)27(25,26)19-10-3-1-2-8(4-10)12(20)7-13(21)16(23)24/h1-7,19,21-22H,(H,23,24)/b13-7-. The molecule has 0 aromatic heterocycles. The Bertz CT molecular complexity index is 1060. The summed E-state index contributed by atoms with van der Waals surface area (Å²) in [6.45, 7) is 0. The number of carboxylic acid groups (broad SMARTS) is 1. The van der Waals surface area contributed by atoms with Crippen LogP contribution in [-0.4, -0.2) is 35.5 Å². The molecule has 8 nitrogen and oxygen atoms in total. The average molecular weight is 432 g/mol. The van der Waals surface area contributed by atoms with Crippen molar-refractivity contribution >= 4 is 50.7 Å². The lowest BCUT2D eigenvalue weighted by Crippen LogP contribution is -2.14. The molecule has 4 N–H and O–H groups in total. The Kier molecular flexibility index (Phi) is 5.99. The number of sulfonamides is 1. The fourth-order valence-corrected chi connectivity index (χ4v) is 3.77. The van der Waals surface area contributed by atoms with Crippen molar-refractivity contribution in [2.75, 3.05) is 4.72 Å². The third-order valence-electron chi connectivity index (χ3n) is 3.17. The third-order valence-corrected chi connectivity index (χ3v) is 5.07. The van der Waals surface area contributed by atoms with Gasteiger partial charge < -0.3 is 15.3 Å². The SMILES string of the molecule is O=C(O)/C(O)=C/C(=O)c1cccc(NS(=O)(=O)c2cc(Cl)cc(Cl)c2O)c1. The van der Waals surface area contributed by atoms with Crippen LogP contribution in [0.15, 0.2) is 53.1 Å². The van der Waals surface area contributed by atoms with Crippen LogP contribution >= 0.6 is 23.2 Å². The highest BCUT2D eigenvalue weighted by atomic mass is 35.5. The van der Waals surface area contributed by atoms with E-state index in [1.165, 1.54) is 18.2 Å². The quantitative estimate of drug-likeness (QED) is 0.312. The molecule has 11 heteroatoms. The lowest BCUT2D eigenvalue weighted by atomic mass is 10.1. The van der Waals surface area contributed by atoms with Crippen molar-refractivity contribution in [2.45, 2.75) is 4.90 Å². The number of carboxylic acids is 1. The molecule has 0 atom stereocenters. The second-order valence-electron chi connectivity index (χ2n) is 5.12. The number of benzene rings is 2. The van der Waals surface area contributed by atoms with E-state index in [0.717, 1.165) is 18.2 Å². The van der Waals surface area contributed by atoms with Crippen LogP contribution in [0.3, 0.4) is 0 Å². The summed E-state index contributed by atoms with van der Waals surface area (Å²) in [6.07, 6.45) is 0.485. The molecule has 0 aliphatic rings. The predicted octanol–water partition coefficient (Wildman–Crippen LogP) is 3.21. The molecule has 27 heavy (non-hydrogen) atoms. The Balaban J connectivity index is 2.37. The third kappa shape index (κ3) is 4.91. The minimum Gasteiger partial charge on any atom is -0.505 e. The summed E-state index contributed by atoms with van der Waals surface area (Å²) >= 11 is 11.5. The fraction of sp³-hybridized carbons (Fsp3) is 0. The number of carbonyl (C=O) groups is 2. The van der Waals surface area contributed by atoms with E-state index in [2.05, 4.69) is 4.72 Å². The average Bonchev–Trinajstić information content (AvgIpc) is 2.57. The molecular weight excluding hydrogens is 421 g/mol. The van der Waals surface area contributed by atoms with Crippen molar-refractivity contribution in [3.8, 4) is 5.75 Å². The van der Waals surface area contributed by atoms with Crippen LogP contribution in [0.25, 0.3) is 0 Å². The van der Waals surface area contributed by atoms with Gasteiger partial charge in [0.05, 0.1) is 5.02 Å². The first-order valence-corrected chi connectivity index (χ1v) is 9.24. The molecule has 0 radical (unpaired) electrons. The van der Waals surface area contributed by atoms with E-state index in [-0.39, 0.29) is 21.3 Å². The maximum absolute atomic E-state index is 12.5. The maximum atomic E-state index is 12.5. The van der Waals surface area contributed by atoms with Gasteiger partial charge in [0.25, 0.3) is 10.0 Å². The zero-order chi connectivity index (χ0) is 20.4. The van der Waals surface area contributed by atoms with Crippen LogP contribution in [0.1, 0.15) is 10.4 Å². The Labute approximate surface area is 163 Å². The van der Waals surface area contributed by atoms with Crippen LogP contribution in [0.4, 0.5) is 5.69 Å². The van der Waals surface area contributed by atoms with Crippen molar-refractivity contribution in [1.29, 1.82) is 0 Å². The van der Waals surface area contributed by atoms with Gasteiger partial charge in [-0.15, -0.1) is 0 Å². The molecule has 0 heterocycles. The number of rotatable bonds is 6. The summed E-state index contributed by atoms with van der Waals surface area (Å²) in [4.78, 5) is 21.9. The van der Waals surface area contributed by atoms with Gasteiger partial charge in [-0.3, -0.25) is 9.52 Å². The molecule has 2 aromatic carbocycles. The molecular formula is C16H11Cl2NO7S. The van der Waals surface area contributed by atoms with Crippen LogP contribution in [0.5, 0.6) is 5.75 Å². The summed E-state index contributed by atoms with van der Waals surface area (Å²) in [6, 6.07) is 7.22. The van der Waals surface area contributed by atoms with Gasteiger partial charge in [0.15, 0.2) is 11.5 Å². The number of nitrogens with one attached hydrogen (secondary N) is 1. The van der Waals surface area contributed by atoms with E-state index >= 15 is 0 Å². The molecule has 0 saturated carbocycles. The minimum atomic E-state index is -4.31. The van der Waals surface area contributed by atoms with Crippen LogP contribution in [0.2, 0.25) is 10.0 Å². The summed E-state index contributed by atoms with van der Waals surface area (Å²) < 4.78 is 27.1. The number of ketones is 1. The van der Waals surface area contributed by atoms with Gasteiger partial charge in [-0.2, -0.15) is 0 Å². The van der Waals surface area contributed by atoms with Gasteiger partial charge in [-0.05, 0) is 24.3 Å². The van der Waals surface area contributed by atoms with E-state index in [0.29, 0.717) is 6.08 Å². The first-order chi connectivity index (χ1) is 12.5. The zero-order valence-electron chi connectivity index (χ0n) is 13.2. The van der Waals surface area contributed by atoms with Gasteiger partial charge in [-0.25, -0.2) is 13.2 Å². The molecule has 0 aliphatic carbocycles. The summed E-state index contributed by atoms with van der Waals surface area (Å²) in [5.74, 6) is -4.40. The Morgan fingerprint density at radius 3 is 2.37 bits per heavy atom. The van der Waals surface area contributed by atoms with Gasteiger partial charge in [0.1, 0.15) is 4.90 Å². The highest BCUT2D eigenvalue weighted by molar-refractivity contribution is 7.92. The first-order valence-electron chi connectivity index (χ1n) is 7.00. The monoisotopic (exact) mass is 431 g/mol. The normalized spacial score (nSPS) is 11.9.